The lowest BCUT2D eigenvalue weighted by molar-refractivity contribution is 0.243. The standard InChI is InChI=1S/C17H20N2O/c1-12(2)20-16-10-6-9-14-17(16)18-11-15(19-14)13-7-4-3-5-8-13/h3-10,12,15,18-19H,11H2,1-2H3. The Bertz CT molecular complexity index is 581. The molecule has 0 fully saturated rings. The van der Waals surface area contributed by atoms with Crippen molar-refractivity contribution in [3.63, 3.8) is 0 Å². The second-order valence-electron chi connectivity index (χ2n) is 5.33. The first-order valence-electron chi connectivity index (χ1n) is 7.09. The van der Waals surface area contributed by atoms with Gasteiger partial charge in [-0.25, -0.2) is 0 Å². The normalized spacial score (nSPS) is 17.1. The highest BCUT2D eigenvalue weighted by atomic mass is 16.5. The van der Waals surface area contributed by atoms with E-state index in [2.05, 4.69) is 41.0 Å². The molecule has 1 unspecified atom stereocenters. The Balaban J connectivity index is 1.85. The molecule has 3 rings (SSSR count). The molecule has 0 bridgehead atoms. The minimum absolute atomic E-state index is 0.176. The predicted molar refractivity (Wildman–Crippen MR) is 83.5 cm³/mol. The monoisotopic (exact) mass is 268 g/mol. The summed E-state index contributed by atoms with van der Waals surface area (Å²) in [6.07, 6.45) is 0.176. The minimum Gasteiger partial charge on any atom is -0.489 e. The summed E-state index contributed by atoms with van der Waals surface area (Å²) in [5.41, 5.74) is 3.46. The van der Waals surface area contributed by atoms with Gasteiger partial charge in [-0.3, -0.25) is 0 Å². The molecule has 0 spiro atoms. The molecular formula is C17H20N2O. The summed E-state index contributed by atoms with van der Waals surface area (Å²) in [5, 5.41) is 7.08. The van der Waals surface area contributed by atoms with Crippen LogP contribution >= 0.6 is 0 Å². The van der Waals surface area contributed by atoms with Gasteiger partial charge in [-0.05, 0) is 31.5 Å². The third-order valence-corrected chi connectivity index (χ3v) is 3.40. The predicted octanol–water partition coefficient (Wildman–Crippen LogP) is 4.05. The molecule has 2 N–H and O–H groups in total. The number of benzene rings is 2. The Hall–Kier alpha value is -2.16. The zero-order valence-electron chi connectivity index (χ0n) is 11.9. The number of para-hydroxylation sites is 1. The van der Waals surface area contributed by atoms with Crippen molar-refractivity contribution >= 4 is 11.4 Å². The molecule has 20 heavy (non-hydrogen) atoms. The Morgan fingerprint density at radius 1 is 1.05 bits per heavy atom. The average Bonchev–Trinajstić information content (AvgIpc) is 2.47. The van der Waals surface area contributed by atoms with Crippen LogP contribution in [0.2, 0.25) is 0 Å². The molecule has 0 radical (unpaired) electrons. The Labute approximate surface area is 120 Å². The maximum Gasteiger partial charge on any atom is 0.144 e. The second-order valence-corrected chi connectivity index (χ2v) is 5.33. The van der Waals surface area contributed by atoms with Crippen molar-refractivity contribution in [1.29, 1.82) is 0 Å². The molecule has 0 saturated carbocycles. The fraction of sp³-hybridized carbons (Fsp3) is 0.294. The van der Waals surface area contributed by atoms with Gasteiger partial charge < -0.3 is 15.4 Å². The van der Waals surface area contributed by atoms with Crippen LogP contribution in [-0.4, -0.2) is 12.6 Å². The summed E-state index contributed by atoms with van der Waals surface area (Å²) in [5.74, 6) is 0.913. The van der Waals surface area contributed by atoms with Gasteiger partial charge >= 0.3 is 0 Å². The van der Waals surface area contributed by atoms with Crippen molar-refractivity contribution in [2.24, 2.45) is 0 Å². The van der Waals surface area contributed by atoms with E-state index in [1.54, 1.807) is 0 Å². The summed E-state index contributed by atoms with van der Waals surface area (Å²) in [4.78, 5) is 0. The zero-order chi connectivity index (χ0) is 13.9. The molecule has 2 aromatic carbocycles. The van der Waals surface area contributed by atoms with E-state index in [4.69, 9.17) is 4.74 Å². The van der Waals surface area contributed by atoms with Crippen molar-refractivity contribution in [3.05, 3.63) is 54.1 Å². The molecule has 2 aromatic rings. The topological polar surface area (TPSA) is 33.3 Å². The van der Waals surface area contributed by atoms with E-state index in [-0.39, 0.29) is 12.1 Å². The van der Waals surface area contributed by atoms with Crippen molar-refractivity contribution in [2.45, 2.75) is 26.0 Å². The number of hydrogen-bond acceptors (Lipinski definition) is 3. The van der Waals surface area contributed by atoms with Crippen LogP contribution in [0.15, 0.2) is 48.5 Å². The number of nitrogens with one attached hydrogen (secondary N) is 2. The van der Waals surface area contributed by atoms with E-state index in [1.165, 1.54) is 5.56 Å². The van der Waals surface area contributed by atoms with Gasteiger partial charge in [0.05, 0.1) is 17.8 Å². The average molecular weight is 268 g/mol. The maximum absolute atomic E-state index is 5.85. The minimum atomic E-state index is 0.176. The molecule has 0 saturated heterocycles. The number of anilines is 2. The third-order valence-electron chi connectivity index (χ3n) is 3.40. The molecule has 1 aliphatic heterocycles. The highest BCUT2D eigenvalue weighted by Gasteiger charge is 2.21. The van der Waals surface area contributed by atoms with Gasteiger partial charge in [0.25, 0.3) is 0 Å². The lowest BCUT2D eigenvalue weighted by atomic mass is 10.0. The van der Waals surface area contributed by atoms with Crippen LogP contribution in [-0.2, 0) is 0 Å². The van der Waals surface area contributed by atoms with Gasteiger partial charge in [-0.1, -0.05) is 36.4 Å². The van der Waals surface area contributed by atoms with Crippen LogP contribution in [0.4, 0.5) is 11.4 Å². The molecule has 1 atom stereocenters. The van der Waals surface area contributed by atoms with Gasteiger partial charge in [0, 0.05) is 6.54 Å². The third kappa shape index (κ3) is 2.57. The summed E-state index contributed by atoms with van der Waals surface area (Å²) in [7, 11) is 0. The van der Waals surface area contributed by atoms with Gasteiger partial charge in [0.2, 0.25) is 0 Å². The van der Waals surface area contributed by atoms with Gasteiger partial charge in [-0.2, -0.15) is 0 Å². The van der Waals surface area contributed by atoms with Crippen LogP contribution in [0.3, 0.4) is 0 Å². The van der Waals surface area contributed by atoms with E-state index < -0.39 is 0 Å². The molecule has 0 aromatic heterocycles. The van der Waals surface area contributed by atoms with Crippen LogP contribution in [0.5, 0.6) is 5.75 Å². The first kappa shape index (κ1) is 12.9. The van der Waals surface area contributed by atoms with E-state index >= 15 is 0 Å². The first-order chi connectivity index (χ1) is 9.74. The molecule has 104 valence electrons. The highest BCUT2D eigenvalue weighted by Crippen LogP contribution is 2.38. The molecule has 0 aliphatic carbocycles. The largest absolute Gasteiger partial charge is 0.489 e. The Morgan fingerprint density at radius 2 is 1.85 bits per heavy atom. The molecule has 0 amide bonds. The zero-order valence-corrected chi connectivity index (χ0v) is 11.9. The van der Waals surface area contributed by atoms with Gasteiger partial charge in [-0.15, -0.1) is 0 Å². The lowest BCUT2D eigenvalue weighted by Gasteiger charge is -2.30. The van der Waals surface area contributed by atoms with E-state index in [0.29, 0.717) is 0 Å². The molecule has 3 nitrogen and oxygen atoms in total. The van der Waals surface area contributed by atoms with Crippen LogP contribution in [0, 0.1) is 0 Å². The van der Waals surface area contributed by atoms with E-state index in [9.17, 15) is 0 Å². The fourth-order valence-corrected chi connectivity index (χ4v) is 2.52. The van der Waals surface area contributed by atoms with Crippen LogP contribution < -0.4 is 15.4 Å². The number of ether oxygens (including phenoxy) is 1. The summed E-state index contributed by atoms with van der Waals surface area (Å²) >= 11 is 0. The van der Waals surface area contributed by atoms with Gasteiger partial charge in [0.1, 0.15) is 11.4 Å². The summed E-state index contributed by atoms with van der Waals surface area (Å²) in [6.45, 7) is 4.94. The summed E-state index contributed by atoms with van der Waals surface area (Å²) in [6, 6.07) is 16.9. The maximum atomic E-state index is 5.85. The molecule has 3 heteroatoms. The van der Waals surface area contributed by atoms with Gasteiger partial charge in [0.15, 0.2) is 0 Å². The summed E-state index contributed by atoms with van der Waals surface area (Å²) < 4.78 is 5.85. The fourth-order valence-electron chi connectivity index (χ4n) is 2.52. The smallest absolute Gasteiger partial charge is 0.144 e. The Morgan fingerprint density at radius 3 is 2.60 bits per heavy atom. The van der Waals surface area contributed by atoms with E-state index in [0.717, 1.165) is 23.7 Å². The second kappa shape index (κ2) is 5.45. The molecule has 1 aliphatic rings. The van der Waals surface area contributed by atoms with Crippen molar-refractivity contribution in [2.75, 3.05) is 17.2 Å². The number of fused-ring (bicyclic) bond motifs is 1. The van der Waals surface area contributed by atoms with Crippen LogP contribution in [0.25, 0.3) is 0 Å². The molecule has 1 heterocycles. The Kier molecular flexibility index (Phi) is 3.50. The molecular weight excluding hydrogens is 248 g/mol. The number of rotatable bonds is 3. The van der Waals surface area contributed by atoms with Crippen molar-refractivity contribution in [1.82, 2.24) is 0 Å². The van der Waals surface area contributed by atoms with E-state index in [1.807, 2.05) is 32.0 Å². The van der Waals surface area contributed by atoms with Crippen molar-refractivity contribution in [3.8, 4) is 5.75 Å². The first-order valence-corrected chi connectivity index (χ1v) is 7.09. The SMILES string of the molecule is CC(C)Oc1cccc2c1NCC(c1ccccc1)N2. The van der Waals surface area contributed by atoms with Crippen LogP contribution in [0.1, 0.15) is 25.5 Å². The highest BCUT2D eigenvalue weighted by molar-refractivity contribution is 5.78. The number of hydrogen-bond donors (Lipinski definition) is 2. The lowest BCUT2D eigenvalue weighted by Crippen LogP contribution is -2.26. The quantitative estimate of drug-likeness (QED) is 0.881. The van der Waals surface area contributed by atoms with Crippen molar-refractivity contribution < 1.29 is 4.74 Å².